The molecule has 0 spiro atoms. The van der Waals surface area contributed by atoms with Gasteiger partial charge in [0.25, 0.3) is 0 Å². The van der Waals surface area contributed by atoms with Gasteiger partial charge in [0.1, 0.15) is 24.5 Å². The molecule has 0 saturated heterocycles. The standard InChI is InChI=1S/C28H30O9/c1-17(10-12-22(29)30)9-11-20-26(34-3)18(2)21-16-36-28(33)25(21)27(20)37-24(32)14-13-23(31)35-15-19-7-5-4-6-8-19/h4-9H,10-16H2,1-3H3,(H,29,30)/b17-9+. The molecule has 0 saturated carbocycles. The number of carboxylic acid groups (broad SMARTS) is 1. The van der Waals surface area contributed by atoms with E-state index in [9.17, 15) is 19.2 Å². The lowest BCUT2D eigenvalue weighted by atomic mass is 9.94. The highest BCUT2D eigenvalue weighted by atomic mass is 16.6. The Morgan fingerprint density at radius 3 is 2.41 bits per heavy atom. The molecule has 9 nitrogen and oxygen atoms in total. The van der Waals surface area contributed by atoms with Crippen molar-refractivity contribution in [2.45, 2.75) is 59.2 Å². The first kappa shape index (κ1) is 27.4. The van der Waals surface area contributed by atoms with Crippen molar-refractivity contribution in [1.29, 1.82) is 0 Å². The van der Waals surface area contributed by atoms with Crippen molar-refractivity contribution < 1.29 is 43.2 Å². The highest BCUT2D eigenvalue weighted by Crippen LogP contribution is 2.43. The fourth-order valence-corrected chi connectivity index (χ4v) is 3.98. The minimum absolute atomic E-state index is 0.0166. The number of methoxy groups -OCH3 is 1. The van der Waals surface area contributed by atoms with Gasteiger partial charge in [-0.1, -0.05) is 42.0 Å². The minimum atomic E-state index is -0.904. The van der Waals surface area contributed by atoms with Crippen LogP contribution in [0.1, 0.15) is 65.2 Å². The summed E-state index contributed by atoms with van der Waals surface area (Å²) in [5.74, 6) is -2.30. The summed E-state index contributed by atoms with van der Waals surface area (Å²) >= 11 is 0. The molecule has 0 fully saturated rings. The molecule has 0 aliphatic carbocycles. The Hall–Kier alpha value is -4.14. The quantitative estimate of drug-likeness (QED) is 0.250. The first-order valence-corrected chi connectivity index (χ1v) is 11.9. The Balaban J connectivity index is 1.78. The van der Waals surface area contributed by atoms with Crippen molar-refractivity contribution in [2.24, 2.45) is 0 Å². The highest BCUT2D eigenvalue weighted by molar-refractivity contribution is 5.99. The summed E-state index contributed by atoms with van der Waals surface area (Å²) in [7, 11) is 1.48. The number of carbonyl (C=O) groups excluding carboxylic acids is 3. The Labute approximate surface area is 215 Å². The average molecular weight is 511 g/mol. The molecule has 0 radical (unpaired) electrons. The van der Waals surface area contributed by atoms with Crippen molar-refractivity contribution in [2.75, 3.05) is 7.11 Å². The molecule has 1 N–H and O–H groups in total. The lowest BCUT2D eigenvalue weighted by Crippen LogP contribution is -2.16. The van der Waals surface area contributed by atoms with Crippen LogP contribution in [-0.4, -0.2) is 36.1 Å². The van der Waals surface area contributed by atoms with E-state index in [0.717, 1.165) is 11.1 Å². The van der Waals surface area contributed by atoms with Gasteiger partial charge in [-0.25, -0.2) is 4.79 Å². The number of hydrogen-bond donors (Lipinski definition) is 1. The third-order valence-electron chi connectivity index (χ3n) is 6.01. The zero-order valence-corrected chi connectivity index (χ0v) is 21.1. The average Bonchev–Trinajstić information content (AvgIpc) is 3.27. The Bertz CT molecular complexity index is 1210. The second kappa shape index (κ2) is 12.7. The third kappa shape index (κ3) is 7.19. The smallest absolute Gasteiger partial charge is 0.342 e. The molecule has 37 heavy (non-hydrogen) atoms. The van der Waals surface area contributed by atoms with E-state index in [-0.39, 0.29) is 50.2 Å². The molecule has 0 aromatic heterocycles. The second-order valence-electron chi connectivity index (χ2n) is 8.66. The molecular formula is C28H30O9. The van der Waals surface area contributed by atoms with Crippen molar-refractivity contribution in [3.8, 4) is 11.5 Å². The highest BCUT2D eigenvalue weighted by Gasteiger charge is 2.34. The maximum Gasteiger partial charge on any atom is 0.342 e. The van der Waals surface area contributed by atoms with Crippen LogP contribution in [0.3, 0.4) is 0 Å². The van der Waals surface area contributed by atoms with Crippen molar-refractivity contribution in [3.05, 3.63) is 69.8 Å². The van der Waals surface area contributed by atoms with Gasteiger partial charge in [0.2, 0.25) is 0 Å². The fourth-order valence-electron chi connectivity index (χ4n) is 3.98. The van der Waals surface area contributed by atoms with Crippen LogP contribution in [0.2, 0.25) is 0 Å². The van der Waals surface area contributed by atoms with Crippen LogP contribution in [0.5, 0.6) is 11.5 Å². The van der Waals surface area contributed by atoms with Crippen LogP contribution in [0.15, 0.2) is 42.0 Å². The number of cyclic esters (lactones) is 1. The van der Waals surface area contributed by atoms with Gasteiger partial charge in [0, 0.05) is 17.5 Å². The van der Waals surface area contributed by atoms with Gasteiger partial charge in [0.05, 0.1) is 20.0 Å². The minimum Gasteiger partial charge on any atom is -0.496 e. The van der Waals surface area contributed by atoms with Gasteiger partial charge in [-0.15, -0.1) is 0 Å². The molecule has 0 atom stereocenters. The van der Waals surface area contributed by atoms with E-state index in [4.69, 9.17) is 24.1 Å². The van der Waals surface area contributed by atoms with Crippen molar-refractivity contribution >= 4 is 23.9 Å². The molecule has 9 heteroatoms. The molecule has 0 unspecified atom stereocenters. The summed E-state index contributed by atoms with van der Waals surface area (Å²) in [5, 5.41) is 8.94. The van der Waals surface area contributed by atoms with E-state index < -0.39 is 23.9 Å². The number of carbonyl (C=O) groups is 4. The molecule has 1 aliphatic heterocycles. The van der Waals surface area contributed by atoms with E-state index in [2.05, 4.69) is 0 Å². The largest absolute Gasteiger partial charge is 0.496 e. The molecule has 3 rings (SSSR count). The van der Waals surface area contributed by atoms with Crippen LogP contribution in [0.4, 0.5) is 0 Å². The number of aliphatic carboxylic acids is 1. The van der Waals surface area contributed by atoms with E-state index in [1.807, 2.05) is 36.4 Å². The van der Waals surface area contributed by atoms with Crippen LogP contribution in [-0.2, 0) is 43.5 Å². The predicted octanol–water partition coefficient (Wildman–Crippen LogP) is 4.46. The van der Waals surface area contributed by atoms with Crippen LogP contribution in [0, 0.1) is 6.92 Å². The van der Waals surface area contributed by atoms with Gasteiger partial charge < -0.3 is 24.1 Å². The normalized spacial score (nSPS) is 12.5. The summed E-state index contributed by atoms with van der Waals surface area (Å²) < 4.78 is 21.7. The first-order valence-electron chi connectivity index (χ1n) is 11.9. The Kier molecular flexibility index (Phi) is 9.43. The maximum absolute atomic E-state index is 12.7. The number of ether oxygens (including phenoxy) is 4. The van der Waals surface area contributed by atoms with Gasteiger partial charge in [-0.3, -0.25) is 14.4 Å². The van der Waals surface area contributed by atoms with Crippen LogP contribution < -0.4 is 9.47 Å². The number of allylic oxidation sites excluding steroid dienone is 2. The van der Waals surface area contributed by atoms with Gasteiger partial charge in [-0.2, -0.15) is 0 Å². The Morgan fingerprint density at radius 2 is 1.73 bits per heavy atom. The first-order chi connectivity index (χ1) is 17.7. The van der Waals surface area contributed by atoms with E-state index in [1.54, 1.807) is 13.8 Å². The topological polar surface area (TPSA) is 125 Å². The monoisotopic (exact) mass is 510 g/mol. The summed E-state index contributed by atoms with van der Waals surface area (Å²) in [4.78, 5) is 48.3. The second-order valence-corrected chi connectivity index (χ2v) is 8.66. The summed E-state index contributed by atoms with van der Waals surface area (Å²) in [6, 6.07) is 9.17. The summed E-state index contributed by atoms with van der Waals surface area (Å²) in [5.41, 5.74) is 3.54. The molecule has 1 heterocycles. The van der Waals surface area contributed by atoms with Crippen LogP contribution >= 0.6 is 0 Å². The zero-order valence-electron chi connectivity index (χ0n) is 21.1. The molecule has 1 aliphatic rings. The van der Waals surface area contributed by atoms with E-state index in [1.165, 1.54) is 7.11 Å². The van der Waals surface area contributed by atoms with Crippen molar-refractivity contribution in [1.82, 2.24) is 0 Å². The van der Waals surface area contributed by atoms with Gasteiger partial charge >= 0.3 is 23.9 Å². The van der Waals surface area contributed by atoms with Crippen molar-refractivity contribution in [3.63, 3.8) is 0 Å². The zero-order chi connectivity index (χ0) is 26.9. The van der Waals surface area contributed by atoms with Gasteiger partial charge in [0.15, 0.2) is 5.75 Å². The summed E-state index contributed by atoms with van der Waals surface area (Å²) in [6.07, 6.45) is 1.94. The molecule has 0 bridgehead atoms. The molecular weight excluding hydrogens is 480 g/mol. The predicted molar refractivity (Wildman–Crippen MR) is 132 cm³/mol. The molecule has 0 amide bonds. The number of rotatable bonds is 12. The number of fused-ring (bicyclic) bond motifs is 1. The van der Waals surface area contributed by atoms with Gasteiger partial charge in [-0.05, 0) is 37.8 Å². The molecule has 196 valence electrons. The number of carboxylic acids is 1. The van der Waals surface area contributed by atoms with E-state index in [0.29, 0.717) is 28.9 Å². The lowest BCUT2D eigenvalue weighted by molar-refractivity contribution is -0.148. The molecule has 2 aromatic rings. The number of hydrogen-bond acceptors (Lipinski definition) is 8. The third-order valence-corrected chi connectivity index (χ3v) is 6.01. The number of benzene rings is 2. The maximum atomic E-state index is 12.7. The SMILES string of the molecule is COc1c(C)c2c(c(OC(=O)CCC(=O)OCc3ccccc3)c1C/C=C(\C)CCC(=O)O)C(=O)OC2. The van der Waals surface area contributed by atoms with Crippen LogP contribution in [0.25, 0.3) is 0 Å². The lowest BCUT2D eigenvalue weighted by Gasteiger charge is -2.18. The fraction of sp³-hybridized carbons (Fsp3) is 0.357. The Morgan fingerprint density at radius 1 is 1.03 bits per heavy atom. The summed E-state index contributed by atoms with van der Waals surface area (Å²) in [6.45, 7) is 3.72. The molecule has 2 aromatic carbocycles. The van der Waals surface area contributed by atoms with E-state index >= 15 is 0 Å². The number of esters is 3.